The summed E-state index contributed by atoms with van der Waals surface area (Å²) < 4.78 is 6.68. The van der Waals surface area contributed by atoms with Gasteiger partial charge in [0.15, 0.2) is 16.8 Å². The quantitative estimate of drug-likeness (QED) is 0.930. The normalized spacial score (nSPS) is 18.5. The Morgan fingerprint density at radius 3 is 2.91 bits per heavy atom. The first-order chi connectivity index (χ1) is 10.5. The fourth-order valence-corrected chi connectivity index (χ4v) is 2.60. The molecule has 0 aromatic carbocycles. The Balaban J connectivity index is 1.71. The lowest BCUT2D eigenvalue weighted by atomic mass is 10.0. The summed E-state index contributed by atoms with van der Waals surface area (Å²) in [5.41, 5.74) is 0. The molecule has 8 heteroatoms. The number of halogens is 1. The number of furan rings is 1. The second-order valence-electron chi connectivity index (χ2n) is 5.11. The van der Waals surface area contributed by atoms with Gasteiger partial charge in [0, 0.05) is 25.9 Å². The number of aryl methyl sites for hydroxylation is 1. The average Bonchev–Trinajstić information content (AvgIpc) is 3.10. The molecule has 3 heterocycles. The molecule has 2 aromatic rings. The molecule has 0 spiro atoms. The number of rotatable bonds is 3. The lowest BCUT2D eigenvalue weighted by Crippen LogP contribution is -2.52. The Morgan fingerprint density at radius 2 is 2.27 bits per heavy atom. The number of amides is 2. The molecule has 22 heavy (non-hydrogen) atoms. The van der Waals surface area contributed by atoms with E-state index >= 15 is 0 Å². The van der Waals surface area contributed by atoms with Crippen LogP contribution in [-0.2, 0) is 11.8 Å². The first-order valence-corrected chi connectivity index (χ1v) is 7.29. The lowest BCUT2D eigenvalue weighted by molar-refractivity contribution is -0.121. The molecule has 1 atom stereocenters. The zero-order valence-electron chi connectivity index (χ0n) is 12.0. The minimum atomic E-state index is -0.591. The zero-order chi connectivity index (χ0) is 15.7. The van der Waals surface area contributed by atoms with Crippen LogP contribution in [0.5, 0.6) is 0 Å². The molecule has 0 radical (unpaired) electrons. The van der Waals surface area contributed by atoms with Crippen LogP contribution in [0.4, 0.5) is 5.82 Å². The van der Waals surface area contributed by atoms with Gasteiger partial charge in [-0.15, -0.1) is 0 Å². The van der Waals surface area contributed by atoms with Crippen LogP contribution in [0.25, 0.3) is 0 Å². The van der Waals surface area contributed by atoms with Crippen molar-refractivity contribution in [3.05, 3.63) is 35.4 Å². The minimum absolute atomic E-state index is 0.0905. The molecule has 1 N–H and O–H groups in total. The van der Waals surface area contributed by atoms with Gasteiger partial charge >= 0.3 is 0 Å². The van der Waals surface area contributed by atoms with Crippen LogP contribution in [0.15, 0.2) is 28.8 Å². The number of aromatic nitrogens is 2. The SMILES string of the molecule is Cn1ccc(N2CCC[C@H](NC(=O)c3ccc(Cl)o3)C2=O)n1. The van der Waals surface area contributed by atoms with Crippen molar-refractivity contribution in [3.63, 3.8) is 0 Å². The van der Waals surface area contributed by atoms with E-state index in [1.165, 1.54) is 12.1 Å². The number of carbonyl (C=O) groups excluding carboxylic acids is 2. The Labute approximate surface area is 131 Å². The van der Waals surface area contributed by atoms with E-state index in [1.54, 1.807) is 28.9 Å². The van der Waals surface area contributed by atoms with E-state index in [0.29, 0.717) is 18.8 Å². The number of carbonyl (C=O) groups is 2. The highest BCUT2D eigenvalue weighted by molar-refractivity contribution is 6.29. The van der Waals surface area contributed by atoms with E-state index in [1.807, 2.05) is 0 Å². The van der Waals surface area contributed by atoms with Crippen LogP contribution in [0.1, 0.15) is 23.4 Å². The van der Waals surface area contributed by atoms with E-state index in [-0.39, 0.29) is 16.9 Å². The van der Waals surface area contributed by atoms with Crippen molar-refractivity contribution >= 4 is 29.2 Å². The Hall–Kier alpha value is -2.28. The van der Waals surface area contributed by atoms with Crippen molar-refractivity contribution in [1.29, 1.82) is 0 Å². The van der Waals surface area contributed by atoms with Gasteiger partial charge in [-0.05, 0) is 36.6 Å². The van der Waals surface area contributed by atoms with Crippen LogP contribution >= 0.6 is 11.6 Å². The van der Waals surface area contributed by atoms with Gasteiger partial charge in [-0.3, -0.25) is 19.2 Å². The Morgan fingerprint density at radius 1 is 1.45 bits per heavy atom. The van der Waals surface area contributed by atoms with E-state index in [9.17, 15) is 9.59 Å². The fraction of sp³-hybridized carbons (Fsp3) is 0.357. The molecule has 1 aliphatic rings. The molecule has 0 bridgehead atoms. The largest absolute Gasteiger partial charge is 0.440 e. The van der Waals surface area contributed by atoms with Crippen molar-refractivity contribution in [2.45, 2.75) is 18.9 Å². The van der Waals surface area contributed by atoms with Crippen molar-refractivity contribution in [3.8, 4) is 0 Å². The molecule has 1 saturated heterocycles. The molecule has 7 nitrogen and oxygen atoms in total. The highest BCUT2D eigenvalue weighted by atomic mass is 35.5. The maximum atomic E-state index is 12.5. The molecule has 0 unspecified atom stereocenters. The summed E-state index contributed by atoms with van der Waals surface area (Å²) in [6.45, 7) is 0.592. The van der Waals surface area contributed by atoms with Crippen molar-refractivity contribution in [2.75, 3.05) is 11.4 Å². The van der Waals surface area contributed by atoms with Crippen molar-refractivity contribution in [2.24, 2.45) is 7.05 Å². The molecular weight excluding hydrogens is 308 g/mol. The summed E-state index contributed by atoms with van der Waals surface area (Å²) >= 11 is 5.65. The number of nitrogens with zero attached hydrogens (tertiary/aromatic N) is 3. The van der Waals surface area contributed by atoms with Crippen molar-refractivity contribution in [1.82, 2.24) is 15.1 Å². The van der Waals surface area contributed by atoms with Crippen LogP contribution in [0, 0.1) is 0 Å². The van der Waals surface area contributed by atoms with Crippen LogP contribution in [0.2, 0.25) is 5.22 Å². The fourth-order valence-electron chi connectivity index (χ4n) is 2.45. The predicted molar refractivity (Wildman–Crippen MR) is 79.8 cm³/mol. The molecule has 3 rings (SSSR count). The highest BCUT2D eigenvalue weighted by Gasteiger charge is 2.32. The maximum absolute atomic E-state index is 12.5. The molecule has 0 saturated carbocycles. The number of hydrogen-bond acceptors (Lipinski definition) is 4. The summed E-state index contributed by atoms with van der Waals surface area (Å²) in [6, 6.07) is 4.14. The number of hydrogen-bond donors (Lipinski definition) is 1. The molecule has 1 fully saturated rings. The number of nitrogens with one attached hydrogen (secondary N) is 1. The summed E-state index contributed by atoms with van der Waals surface area (Å²) in [5.74, 6) is 0.0596. The summed E-state index contributed by atoms with van der Waals surface area (Å²) in [7, 11) is 1.79. The van der Waals surface area contributed by atoms with Gasteiger partial charge in [-0.1, -0.05) is 0 Å². The monoisotopic (exact) mass is 322 g/mol. The first kappa shape index (κ1) is 14.6. The van der Waals surface area contributed by atoms with Gasteiger partial charge in [0.2, 0.25) is 0 Å². The number of piperidine rings is 1. The third-order valence-electron chi connectivity index (χ3n) is 3.52. The van der Waals surface area contributed by atoms with Gasteiger partial charge in [-0.25, -0.2) is 0 Å². The second kappa shape index (κ2) is 5.84. The topological polar surface area (TPSA) is 80.4 Å². The van der Waals surface area contributed by atoms with Gasteiger partial charge < -0.3 is 9.73 Å². The van der Waals surface area contributed by atoms with Gasteiger partial charge in [0.25, 0.3) is 11.8 Å². The maximum Gasteiger partial charge on any atom is 0.287 e. The standard InChI is InChI=1S/C14H15ClN4O3/c1-18-8-6-12(17-18)19-7-2-3-9(14(19)21)16-13(20)10-4-5-11(15)22-10/h4-6,8-9H,2-3,7H2,1H3,(H,16,20)/t9-/m0/s1. The van der Waals surface area contributed by atoms with Gasteiger partial charge in [0.05, 0.1) is 0 Å². The third-order valence-corrected chi connectivity index (χ3v) is 3.72. The molecule has 1 aliphatic heterocycles. The molecule has 116 valence electrons. The third kappa shape index (κ3) is 2.85. The predicted octanol–water partition coefficient (Wildman–Crippen LogP) is 1.59. The summed E-state index contributed by atoms with van der Waals surface area (Å²) in [5, 5.41) is 7.06. The van der Waals surface area contributed by atoms with E-state index in [2.05, 4.69) is 10.4 Å². The minimum Gasteiger partial charge on any atom is -0.440 e. The van der Waals surface area contributed by atoms with Crippen LogP contribution in [-0.4, -0.2) is 34.2 Å². The summed E-state index contributed by atoms with van der Waals surface area (Å²) in [6.07, 6.45) is 3.14. The lowest BCUT2D eigenvalue weighted by Gasteiger charge is -2.30. The van der Waals surface area contributed by atoms with Crippen LogP contribution in [0.3, 0.4) is 0 Å². The second-order valence-corrected chi connectivity index (χ2v) is 5.48. The molecule has 2 aromatic heterocycles. The van der Waals surface area contributed by atoms with E-state index < -0.39 is 11.9 Å². The highest BCUT2D eigenvalue weighted by Crippen LogP contribution is 2.20. The van der Waals surface area contributed by atoms with Crippen LogP contribution < -0.4 is 10.2 Å². The van der Waals surface area contributed by atoms with Gasteiger partial charge in [-0.2, -0.15) is 5.10 Å². The number of anilines is 1. The smallest absolute Gasteiger partial charge is 0.287 e. The molecule has 2 amide bonds. The van der Waals surface area contributed by atoms with Gasteiger partial charge in [0.1, 0.15) is 6.04 Å². The summed E-state index contributed by atoms with van der Waals surface area (Å²) in [4.78, 5) is 26.2. The first-order valence-electron chi connectivity index (χ1n) is 6.92. The zero-order valence-corrected chi connectivity index (χ0v) is 12.7. The average molecular weight is 323 g/mol. The molecular formula is C14H15ClN4O3. The van der Waals surface area contributed by atoms with E-state index in [0.717, 1.165) is 6.42 Å². The van der Waals surface area contributed by atoms with Crippen molar-refractivity contribution < 1.29 is 14.0 Å². The molecule has 0 aliphatic carbocycles. The van der Waals surface area contributed by atoms with E-state index in [4.69, 9.17) is 16.0 Å². The Kier molecular flexibility index (Phi) is 3.89. The Bertz CT molecular complexity index is 709.